The van der Waals surface area contributed by atoms with Crippen molar-refractivity contribution in [1.82, 2.24) is 0 Å². The van der Waals surface area contributed by atoms with E-state index in [1.165, 1.54) is 25.7 Å². The quantitative estimate of drug-likeness (QED) is 0.606. The molecule has 0 saturated heterocycles. The van der Waals surface area contributed by atoms with E-state index < -0.39 is 0 Å². The average Bonchev–Trinajstić information content (AvgIpc) is 1.93. The van der Waals surface area contributed by atoms with Crippen molar-refractivity contribution in [2.75, 3.05) is 0 Å². The molecule has 11 heavy (non-hydrogen) atoms. The van der Waals surface area contributed by atoms with Gasteiger partial charge < -0.3 is 5.73 Å². The van der Waals surface area contributed by atoms with Crippen LogP contribution in [-0.4, -0.2) is 6.04 Å². The number of hydrogen-bond acceptors (Lipinski definition) is 1. The molecule has 0 radical (unpaired) electrons. The molecule has 1 heteroatoms. The molecule has 1 aliphatic carbocycles. The first kappa shape index (κ1) is 8.79. The van der Waals surface area contributed by atoms with E-state index in [9.17, 15) is 0 Å². The fourth-order valence-electron chi connectivity index (χ4n) is 1.76. The van der Waals surface area contributed by atoms with Gasteiger partial charge in [0.05, 0.1) is 0 Å². The predicted octanol–water partition coefficient (Wildman–Crippen LogP) is 2.47. The van der Waals surface area contributed by atoms with Crippen molar-refractivity contribution in [3.8, 4) is 0 Å². The van der Waals surface area contributed by atoms with Crippen LogP contribution in [-0.2, 0) is 0 Å². The number of nitrogens with two attached hydrogens (primary N) is 1. The van der Waals surface area contributed by atoms with Crippen LogP contribution in [0.5, 0.6) is 0 Å². The minimum Gasteiger partial charge on any atom is -0.328 e. The van der Waals surface area contributed by atoms with Gasteiger partial charge in [0.1, 0.15) is 0 Å². The molecule has 0 spiro atoms. The molecule has 1 aliphatic rings. The Balaban J connectivity index is 2.29. The van der Waals surface area contributed by atoms with Crippen LogP contribution in [0.1, 0.15) is 39.5 Å². The zero-order valence-corrected chi connectivity index (χ0v) is 7.64. The number of allylic oxidation sites excluding steroid dienone is 2. The Morgan fingerprint density at radius 1 is 1.73 bits per heavy atom. The smallest absolute Gasteiger partial charge is 0.00132 e. The van der Waals surface area contributed by atoms with E-state index in [2.05, 4.69) is 19.9 Å². The molecule has 0 saturated carbocycles. The summed E-state index contributed by atoms with van der Waals surface area (Å²) >= 11 is 0. The van der Waals surface area contributed by atoms with E-state index >= 15 is 0 Å². The summed E-state index contributed by atoms with van der Waals surface area (Å²) in [4.78, 5) is 0. The van der Waals surface area contributed by atoms with Crippen LogP contribution in [0.4, 0.5) is 0 Å². The molecule has 0 fully saturated rings. The Morgan fingerprint density at radius 3 is 2.91 bits per heavy atom. The van der Waals surface area contributed by atoms with E-state index in [0.29, 0.717) is 6.04 Å². The van der Waals surface area contributed by atoms with Crippen molar-refractivity contribution in [3.63, 3.8) is 0 Å². The SMILES string of the molecule is CC1=CCC(CC(C)N)CC1. The predicted molar refractivity (Wildman–Crippen MR) is 49.4 cm³/mol. The van der Waals surface area contributed by atoms with Crippen molar-refractivity contribution in [2.24, 2.45) is 11.7 Å². The van der Waals surface area contributed by atoms with Gasteiger partial charge in [-0.15, -0.1) is 0 Å². The summed E-state index contributed by atoms with van der Waals surface area (Å²) in [5.41, 5.74) is 7.30. The van der Waals surface area contributed by atoms with Crippen molar-refractivity contribution in [1.29, 1.82) is 0 Å². The Hall–Kier alpha value is -0.300. The molecule has 64 valence electrons. The van der Waals surface area contributed by atoms with Crippen molar-refractivity contribution >= 4 is 0 Å². The third-order valence-corrected chi connectivity index (χ3v) is 2.45. The summed E-state index contributed by atoms with van der Waals surface area (Å²) in [5, 5.41) is 0. The summed E-state index contributed by atoms with van der Waals surface area (Å²) in [6.07, 6.45) is 7.47. The van der Waals surface area contributed by atoms with Gasteiger partial charge in [0.25, 0.3) is 0 Å². The van der Waals surface area contributed by atoms with Crippen LogP contribution in [0.25, 0.3) is 0 Å². The normalized spacial score (nSPS) is 27.9. The van der Waals surface area contributed by atoms with Crippen LogP contribution in [0.2, 0.25) is 0 Å². The summed E-state index contributed by atoms with van der Waals surface area (Å²) < 4.78 is 0. The van der Waals surface area contributed by atoms with E-state index in [1.54, 1.807) is 5.57 Å². The Labute approximate surface area is 69.7 Å². The molecular weight excluding hydrogens is 134 g/mol. The van der Waals surface area contributed by atoms with Crippen molar-refractivity contribution in [2.45, 2.75) is 45.6 Å². The third-order valence-electron chi connectivity index (χ3n) is 2.45. The van der Waals surface area contributed by atoms with Crippen LogP contribution in [0, 0.1) is 5.92 Å². The minimum absolute atomic E-state index is 0.381. The highest BCUT2D eigenvalue weighted by molar-refractivity contribution is 5.02. The highest BCUT2D eigenvalue weighted by Gasteiger charge is 2.13. The van der Waals surface area contributed by atoms with Crippen molar-refractivity contribution < 1.29 is 0 Å². The lowest BCUT2D eigenvalue weighted by Gasteiger charge is -2.21. The van der Waals surface area contributed by atoms with Crippen LogP contribution < -0.4 is 5.73 Å². The number of rotatable bonds is 2. The Morgan fingerprint density at radius 2 is 2.45 bits per heavy atom. The first-order valence-corrected chi connectivity index (χ1v) is 4.59. The highest BCUT2D eigenvalue weighted by Crippen LogP contribution is 2.25. The summed E-state index contributed by atoms with van der Waals surface area (Å²) in [7, 11) is 0. The Kier molecular flexibility index (Phi) is 3.13. The first-order chi connectivity index (χ1) is 5.18. The summed E-state index contributed by atoms with van der Waals surface area (Å²) in [6, 6.07) is 0.381. The molecule has 0 aromatic rings. The molecule has 2 N–H and O–H groups in total. The van der Waals surface area contributed by atoms with Gasteiger partial charge in [0.2, 0.25) is 0 Å². The van der Waals surface area contributed by atoms with Gasteiger partial charge in [0, 0.05) is 6.04 Å². The lowest BCUT2D eigenvalue weighted by Crippen LogP contribution is -2.20. The van der Waals surface area contributed by atoms with Crippen LogP contribution in [0.15, 0.2) is 11.6 Å². The van der Waals surface area contributed by atoms with Gasteiger partial charge >= 0.3 is 0 Å². The van der Waals surface area contributed by atoms with E-state index in [-0.39, 0.29) is 0 Å². The fraction of sp³-hybridized carbons (Fsp3) is 0.800. The summed E-state index contributed by atoms with van der Waals surface area (Å²) in [5.74, 6) is 0.860. The van der Waals surface area contributed by atoms with Gasteiger partial charge in [-0.2, -0.15) is 0 Å². The first-order valence-electron chi connectivity index (χ1n) is 4.59. The van der Waals surface area contributed by atoms with Crippen molar-refractivity contribution in [3.05, 3.63) is 11.6 Å². The van der Waals surface area contributed by atoms with E-state index in [1.807, 2.05) is 0 Å². The van der Waals surface area contributed by atoms with Gasteiger partial charge in [-0.3, -0.25) is 0 Å². The van der Waals surface area contributed by atoms with Gasteiger partial charge in [-0.1, -0.05) is 11.6 Å². The molecule has 0 bridgehead atoms. The monoisotopic (exact) mass is 153 g/mol. The van der Waals surface area contributed by atoms with Gasteiger partial charge in [-0.25, -0.2) is 0 Å². The second-order valence-electron chi connectivity index (χ2n) is 3.90. The number of hydrogen-bond donors (Lipinski definition) is 1. The molecule has 1 nitrogen and oxygen atoms in total. The van der Waals surface area contributed by atoms with E-state index in [0.717, 1.165) is 5.92 Å². The lowest BCUT2D eigenvalue weighted by molar-refractivity contribution is 0.407. The highest BCUT2D eigenvalue weighted by atomic mass is 14.6. The second kappa shape index (κ2) is 3.91. The van der Waals surface area contributed by atoms with Crippen LogP contribution in [0.3, 0.4) is 0 Å². The topological polar surface area (TPSA) is 26.0 Å². The molecular formula is C10H19N. The standard InChI is InChI=1S/C10H19N/c1-8-3-5-10(6-4-8)7-9(2)11/h3,9-10H,4-7,11H2,1-2H3. The van der Waals surface area contributed by atoms with Gasteiger partial charge in [-0.05, 0) is 45.4 Å². The van der Waals surface area contributed by atoms with E-state index in [4.69, 9.17) is 5.73 Å². The molecule has 0 aliphatic heterocycles. The van der Waals surface area contributed by atoms with Crippen LogP contribution >= 0.6 is 0 Å². The largest absolute Gasteiger partial charge is 0.328 e. The summed E-state index contributed by atoms with van der Waals surface area (Å²) in [6.45, 7) is 4.33. The average molecular weight is 153 g/mol. The maximum atomic E-state index is 5.74. The fourth-order valence-corrected chi connectivity index (χ4v) is 1.76. The molecule has 0 aromatic carbocycles. The molecule has 0 heterocycles. The van der Waals surface area contributed by atoms with Gasteiger partial charge in [0.15, 0.2) is 0 Å². The molecule has 2 unspecified atom stereocenters. The maximum Gasteiger partial charge on any atom is 0.00132 e. The zero-order chi connectivity index (χ0) is 8.27. The zero-order valence-electron chi connectivity index (χ0n) is 7.64. The second-order valence-corrected chi connectivity index (χ2v) is 3.90. The lowest BCUT2D eigenvalue weighted by atomic mass is 9.86. The molecule has 2 atom stereocenters. The third kappa shape index (κ3) is 3.06. The molecule has 1 rings (SSSR count). The molecule has 0 aromatic heterocycles. The maximum absolute atomic E-state index is 5.74. The Bertz CT molecular complexity index is 147. The minimum atomic E-state index is 0.381. The molecule has 0 amide bonds.